The normalized spacial score (nSPS) is 10.2. The minimum absolute atomic E-state index is 1.05. The van der Waals surface area contributed by atoms with Gasteiger partial charge in [-0.2, -0.15) is 0 Å². The number of aryl methyl sites for hydroxylation is 2. The predicted octanol–water partition coefficient (Wildman–Crippen LogP) is 2.58. The summed E-state index contributed by atoms with van der Waals surface area (Å²) in [7, 11) is 0. The third-order valence-corrected chi connectivity index (χ3v) is 2.72. The average molecular weight is 213 g/mol. The number of aromatic nitrogens is 2. The predicted molar refractivity (Wildman–Crippen MR) is 65.8 cm³/mol. The first-order valence-electron chi connectivity index (χ1n) is 5.64. The third kappa shape index (κ3) is 2.60. The lowest BCUT2D eigenvalue weighted by molar-refractivity contribution is -0.575. The van der Waals surface area contributed by atoms with Gasteiger partial charge in [0.15, 0.2) is 0 Å². The van der Waals surface area contributed by atoms with Crippen LogP contribution in [0.5, 0.6) is 0 Å². The first-order chi connectivity index (χ1) is 7.90. The number of benzene rings is 1. The summed E-state index contributed by atoms with van der Waals surface area (Å²) in [6.45, 7) is 3.77. The van der Waals surface area contributed by atoms with Crippen LogP contribution in [0.4, 0.5) is 0 Å². The van der Waals surface area contributed by atoms with Crippen LogP contribution >= 0.6 is 0 Å². The standard InChI is InChI=1S/C14H16N2/c1-2-16-12-11-15-14(16)10-6-9-13-7-4-3-5-8-13/h2-5,7-8,11-12H,1,6,9-10H2/p+1. The Morgan fingerprint density at radius 2 is 2.00 bits per heavy atom. The summed E-state index contributed by atoms with van der Waals surface area (Å²) in [6.07, 6.45) is 9.09. The van der Waals surface area contributed by atoms with E-state index in [1.54, 1.807) is 0 Å². The lowest BCUT2D eigenvalue weighted by Gasteiger charge is -1.98. The van der Waals surface area contributed by atoms with E-state index in [0.717, 1.165) is 19.3 Å². The van der Waals surface area contributed by atoms with E-state index in [2.05, 4.69) is 41.9 Å². The molecule has 82 valence electrons. The van der Waals surface area contributed by atoms with Crippen molar-refractivity contribution in [1.82, 2.24) is 4.98 Å². The highest BCUT2D eigenvalue weighted by atomic mass is 15.0. The molecule has 0 aliphatic carbocycles. The van der Waals surface area contributed by atoms with E-state index in [1.807, 2.05) is 23.2 Å². The molecule has 0 saturated heterocycles. The molecule has 1 heterocycles. The Morgan fingerprint density at radius 3 is 2.75 bits per heavy atom. The topological polar surface area (TPSA) is 19.7 Å². The van der Waals surface area contributed by atoms with Crippen molar-refractivity contribution >= 4 is 6.20 Å². The minimum atomic E-state index is 1.05. The fraction of sp³-hybridized carbons (Fsp3) is 0.214. The molecule has 0 spiro atoms. The maximum absolute atomic E-state index is 3.77. The number of aromatic amines is 1. The second-order valence-electron chi connectivity index (χ2n) is 3.84. The highest BCUT2D eigenvalue weighted by Crippen LogP contribution is 2.04. The Labute approximate surface area is 96.3 Å². The number of nitrogens with zero attached hydrogens (tertiary/aromatic N) is 1. The highest BCUT2D eigenvalue weighted by Gasteiger charge is 2.06. The van der Waals surface area contributed by atoms with Crippen molar-refractivity contribution in [3.63, 3.8) is 0 Å². The maximum Gasteiger partial charge on any atom is 0.258 e. The molecule has 2 nitrogen and oxygen atoms in total. The molecule has 1 N–H and O–H groups in total. The second kappa shape index (κ2) is 5.31. The molecule has 0 aliphatic rings. The molecule has 0 aliphatic heterocycles. The van der Waals surface area contributed by atoms with E-state index < -0.39 is 0 Å². The number of hydrogen-bond donors (Lipinski definition) is 1. The molecule has 0 saturated carbocycles. The second-order valence-corrected chi connectivity index (χ2v) is 3.84. The fourth-order valence-corrected chi connectivity index (χ4v) is 1.86. The molecular formula is C14H17N2+. The Balaban J connectivity index is 1.87. The molecule has 0 atom stereocenters. The lowest BCUT2D eigenvalue weighted by Crippen LogP contribution is -2.28. The van der Waals surface area contributed by atoms with Crippen LogP contribution in [-0.4, -0.2) is 4.98 Å². The number of rotatable bonds is 5. The van der Waals surface area contributed by atoms with Crippen molar-refractivity contribution in [1.29, 1.82) is 0 Å². The molecule has 2 rings (SSSR count). The van der Waals surface area contributed by atoms with Crippen molar-refractivity contribution in [2.45, 2.75) is 19.3 Å². The van der Waals surface area contributed by atoms with Gasteiger partial charge in [0.25, 0.3) is 5.82 Å². The van der Waals surface area contributed by atoms with Crippen LogP contribution in [0.3, 0.4) is 0 Å². The number of imidazole rings is 1. The van der Waals surface area contributed by atoms with E-state index in [9.17, 15) is 0 Å². The minimum Gasteiger partial charge on any atom is -0.247 e. The summed E-state index contributed by atoms with van der Waals surface area (Å²) < 4.78 is 2.03. The van der Waals surface area contributed by atoms with Gasteiger partial charge in [-0.25, -0.2) is 9.55 Å². The zero-order chi connectivity index (χ0) is 11.2. The van der Waals surface area contributed by atoms with E-state index in [4.69, 9.17) is 0 Å². The molecule has 1 aromatic carbocycles. The zero-order valence-electron chi connectivity index (χ0n) is 9.39. The van der Waals surface area contributed by atoms with Gasteiger partial charge in [0.2, 0.25) is 0 Å². The van der Waals surface area contributed by atoms with Crippen LogP contribution in [0.25, 0.3) is 6.20 Å². The third-order valence-electron chi connectivity index (χ3n) is 2.72. The van der Waals surface area contributed by atoms with Crippen LogP contribution in [-0.2, 0) is 12.8 Å². The van der Waals surface area contributed by atoms with Gasteiger partial charge in [-0.3, -0.25) is 0 Å². The Kier molecular flexibility index (Phi) is 3.54. The van der Waals surface area contributed by atoms with Crippen LogP contribution in [0.15, 0.2) is 49.3 Å². The Morgan fingerprint density at radius 1 is 1.19 bits per heavy atom. The highest BCUT2D eigenvalue weighted by molar-refractivity contribution is 5.14. The first kappa shape index (κ1) is 10.7. The Bertz CT molecular complexity index is 443. The largest absolute Gasteiger partial charge is 0.258 e. The molecule has 2 aromatic rings. The smallest absolute Gasteiger partial charge is 0.247 e. The van der Waals surface area contributed by atoms with Gasteiger partial charge < -0.3 is 0 Å². The molecule has 0 amide bonds. The average Bonchev–Trinajstić information content (AvgIpc) is 2.78. The summed E-state index contributed by atoms with van der Waals surface area (Å²) in [5.41, 5.74) is 1.40. The van der Waals surface area contributed by atoms with Gasteiger partial charge in [-0.05, 0) is 18.4 Å². The van der Waals surface area contributed by atoms with E-state index in [-0.39, 0.29) is 0 Å². The molecule has 2 heteroatoms. The number of nitrogens with one attached hydrogen (secondary N) is 1. The van der Waals surface area contributed by atoms with E-state index in [1.165, 1.54) is 11.4 Å². The summed E-state index contributed by atoms with van der Waals surface area (Å²) in [6, 6.07) is 10.6. The van der Waals surface area contributed by atoms with Crippen LogP contribution in [0.1, 0.15) is 17.8 Å². The van der Waals surface area contributed by atoms with Crippen molar-refractivity contribution in [3.05, 3.63) is 60.7 Å². The summed E-state index contributed by atoms with van der Waals surface area (Å²) >= 11 is 0. The van der Waals surface area contributed by atoms with Crippen LogP contribution < -0.4 is 4.57 Å². The molecule has 1 aromatic heterocycles. The van der Waals surface area contributed by atoms with Gasteiger partial charge in [0.1, 0.15) is 12.4 Å². The molecule has 0 radical (unpaired) electrons. The fourth-order valence-electron chi connectivity index (χ4n) is 1.86. The van der Waals surface area contributed by atoms with E-state index in [0.29, 0.717) is 0 Å². The van der Waals surface area contributed by atoms with E-state index >= 15 is 0 Å². The molecule has 0 bridgehead atoms. The lowest BCUT2D eigenvalue weighted by atomic mass is 10.1. The number of hydrogen-bond acceptors (Lipinski definition) is 0. The zero-order valence-corrected chi connectivity index (χ0v) is 9.39. The van der Waals surface area contributed by atoms with Crippen LogP contribution in [0, 0.1) is 0 Å². The Hall–Kier alpha value is -1.83. The van der Waals surface area contributed by atoms with Crippen molar-refractivity contribution < 1.29 is 4.57 Å². The summed E-state index contributed by atoms with van der Waals surface area (Å²) in [5, 5.41) is 0. The van der Waals surface area contributed by atoms with Gasteiger partial charge >= 0.3 is 0 Å². The molecule has 16 heavy (non-hydrogen) atoms. The summed E-state index contributed by atoms with van der Waals surface area (Å²) in [4.78, 5) is 3.23. The quantitative estimate of drug-likeness (QED) is 0.737. The van der Waals surface area contributed by atoms with Crippen molar-refractivity contribution in [3.8, 4) is 0 Å². The van der Waals surface area contributed by atoms with Gasteiger partial charge in [0.05, 0.1) is 6.20 Å². The van der Waals surface area contributed by atoms with Crippen molar-refractivity contribution in [2.24, 2.45) is 0 Å². The van der Waals surface area contributed by atoms with Crippen molar-refractivity contribution in [2.75, 3.05) is 0 Å². The summed E-state index contributed by atoms with van der Waals surface area (Å²) in [5.74, 6) is 1.21. The SMILES string of the molecule is C=C[n+]1cc[nH]c1CCCc1ccccc1. The van der Waals surface area contributed by atoms with Gasteiger partial charge in [-0.15, -0.1) is 0 Å². The van der Waals surface area contributed by atoms with Gasteiger partial charge in [-0.1, -0.05) is 36.9 Å². The maximum atomic E-state index is 3.77. The van der Waals surface area contributed by atoms with Gasteiger partial charge in [0, 0.05) is 6.42 Å². The monoisotopic (exact) mass is 213 g/mol. The molecule has 0 fully saturated rings. The molecular weight excluding hydrogens is 196 g/mol. The number of H-pyrrole nitrogens is 1. The first-order valence-corrected chi connectivity index (χ1v) is 5.64. The molecule has 0 unspecified atom stereocenters. The van der Waals surface area contributed by atoms with Crippen LogP contribution in [0.2, 0.25) is 0 Å².